The molecule has 3 aromatic rings. The van der Waals surface area contributed by atoms with Gasteiger partial charge in [-0.1, -0.05) is 18.2 Å². The molecule has 0 N–H and O–H groups in total. The molecule has 0 aliphatic carbocycles. The Morgan fingerprint density at radius 2 is 1.89 bits per heavy atom. The van der Waals surface area contributed by atoms with E-state index in [4.69, 9.17) is 11.8 Å². The van der Waals surface area contributed by atoms with Crippen LogP contribution in [-0.2, 0) is 0 Å². The van der Waals surface area contributed by atoms with Crippen molar-refractivity contribution in [1.29, 1.82) is 0 Å². The van der Waals surface area contributed by atoms with Crippen molar-refractivity contribution >= 4 is 35.1 Å². The second-order valence-electron chi connectivity index (χ2n) is 4.01. The van der Waals surface area contributed by atoms with Crippen LogP contribution in [0.2, 0.25) is 0 Å². The second-order valence-corrected chi connectivity index (χ2v) is 4.35. The van der Waals surface area contributed by atoms with E-state index in [2.05, 4.69) is 18.0 Å². The monoisotopic (exact) mass is 278 g/mol. The maximum Gasteiger partial charge on any atom is 0.0705 e. The molecule has 4 heteroatoms. The van der Waals surface area contributed by atoms with Crippen LogP contribution in [0.5, 0.6) is 0 Å². The summed E-state index contributed by atoms with van der Waals surface area (Å²) in [7, 11) is 0. The van der Waals surface area contributed by atoms with Gasteiger partial charge in [-0.2, -0.15) is 0 Å². The van der Waals surface area contributed by atoms with E-state index in [0.717, 1.165) is 16.8 Å². The number of aromatic nitrogens is 2. The van der Waals surface area contributed by atoms with Crippen LogP contribution in [0, 0.1) is 6.92 Å². The Hall–Kier alpha value is -1.51. The van der Waals surface area contributed by atoms with E-state index in [1.54, 1.807) is 10.3 Å². The Labute approximate surface area is 117 Å². The van der Waals surface area contributed by atoms with Gasteiger partial charge in [-0.25, -0.2) is 0 Å². The van der Waals surface area contributed by atoms with Crippen molar-refractivity contribution in [3.05, 3.63) is 54.4 Å². The lowest BCUT2D eigenvalue weighted by Crippen LogP contribution is -1.87. The largest absolute Gasteiger partial charge is 0.264 e. The first-order valence-electron chi connectivity index (χ1n) is 5.45. The molecule has 0 fully saturated rings. The summed E-state index contributed by atoms with van der Waals surface area (Å²) in [5, 5.41) is 1.18. The SMILES string of the molecule is Cc1c(-c2cccnc2)n(Cl)c2ccccc12.Cl. The molecule has 0 radical (unpaired) electrons. The number of hydrogen-bond acceptors (Lipinski definition) is 1. The topological polar surface area (TPSA) is 17.8 Å². The van der Waals surface area contributed by atoms with Gasteiger partial charge in [0, 0.05) is 35.1 Å². The van der Waals surface area contributed by atoms with Crippen LogP contribution in [0.1, 0.15) is 5.56 Å². The first-order chi connectivity index (χ1) is 8.29. The number of rotatable bonds is 1. The van der Waals surface area contributed by atoms with Gasteiger partial charge in [0.2, 0.25) is 0 Å². The van der Waals surface area contributed by atoms with Crippen molar-refractivity contribution in [1.82, 2.24) is 9.07 Å². The molecular weight excluding hydrogens is 267 g/mol. The fraction of sp³-hybridized carbons (Fsp3) is 0.0714. The highest BCUT2D eigenvalue weighted by Gasteiger charge is 2.13. The van der Waals surface area contributed by atoms with E-state index >= 15 is 0 Å². The summed E-state index contributed by atoms with van der Waals surface area (Å²) in [6.45, 7) is 2.09. The van der Waals surface area contributed by atoms with E-state index in [0.29, 0.717) is 0 Å². The van der Waals surface area contributed by atoms with Crippen molar-refractivity contribution in [3.8, 4) is 11.3 Å². The molecule has 0 aliphatic rings. The predicted molar refractivity (Wildman–Crippen MR) is 78.4 cm³/mol. The lowest BCUT2D eigenvalue weighted by Gasteiger charge is -2.02. The number of fused-ring (bicyclic) bond motifs is 1. The quantitative estimate of drug-likeness (QED) is 0.644. The fourth-order valence-electron chi connectivity index (χ4n) is 2.19. The molecular formula is C14H12Cl2N2. The van der Waals surface area contributed by atoms with Crippen molar-refractivity contribution < 1.29 is 0 Å². The van der Waals surface area contributed by atoms with Gasteiger partial charge in [0.25, 0.3) is 0 Å². The maximum absolute atomic E-state index is 6.39. The van der Waals surface area contributed by atoms with Crippen molar-refractivity contribution in [2.24, 2.45) is 0 Å². The number of benzene rings is 1. The molecule has 2 nitrogen and oxygen atoms in total. The normalized spacial score (nSPS) is 10.3. The van der Waals surface area contributed by atoms with E-state index in [1.165, 1.54) is 10.9 Å². The van der Waals surface area contributed by atoms with Gasteiger partial charge < -0.3 is 0 Å². The third-order valence-electron chi connectivity index (χ3n) is 3.01. The molecule has 0 saturated carbocycles. The van der Waals surface area contributed by atoms with Crippen molar-refractivity contribution in [2.75, 3.05) is 0 Å². The number of aryl methyl sites for hydroxylation is 1. The van der Waals surface area contributed by atoms with Gasteiger partial charge in [-0.15, -0.1) is 12.4 Å². The van der Waals surface area contributed by atoms with Crippen molar-refractivity contribution in [3.63, 3.8) is 0 Å². The Bertz CT molecular complexity index is 636. The predicted octanol–water partition coefficient (Wildman–Crippen LogP) is 4.44. The van der Waals surface area contributed by atoms with Gasteiger partial charge >= 0.3 is 0 Å². The molecule has 1 aromatic carbocycles. The van der Waals surface area contributed by atoms with Gasteiger partial charge in [0.1, 0.15) is 0 Å². The molecule has 92 valence electrons. The molecule has 2 aromatic heterocycles. The number of halogens is 2. The summed E-state index contributed by atoms with van der Waals surface area (Å²) >= 11 is 6.39. The van der Waals surface area contributed by atoms with Crippen LogP contribution in [0.15, 0.2) is 48.8 Å². The number of hydrogen-bond donors (Lipinski definition) is 0. The van der Waals surface area contributed by atoms with E-state index < -0.39 is 0 Å². The Morgan fingerprint density at radius 1 is 1.11 bits per heavy atom. The molecule has 3 rings (SSSR count). The van der Waals surface area contributed by atoms with Crippen LogP contribution in [0.4, 0.5) is 0 Å². The van der Waals surface area contributed by atoms with Crippen LogP contribution < -0.4 is 0 Å². The summed E-state index contributed by atoms with van der Waals surface area (Å²) in [6.07, 6.45) is 3.60. The zero-order chi connectivity index (χ0) is 11.8. The van der Waals surface area contributed by atoms with Crippen LogP contribution in [-0.4, -0.2) is 9.07 Å². The van der Waals surface area contributed by atoms with E-state index in [-0.39, 0.29) is 12.4 Å². The molecule has 0 spiro atoms. The highest BCUT2D eigenvalue weighted by molar-refractivity contribution is 6.22. The lowest BCUT2D eigenvalue weighted by molar-refractivity contribution is 1.26. The van der Waals surface area contributed by atoms with Crippen LogP contribution in [0.25, 0.3) is 22.2 Å². The van der Waals surface area contributed by atoms with Crippen LogP contribution in [0.3, 0.4) is 0 Å². The lowest BCUT2D eigenvalue weighted by atomic mass is 10.1. The summed E-state index contributed by atoms with van der Waals surface area (Å²) in [4.78, 5) is 4.14. The third-order valence-corrected chi connectivity index (χ3v) is 3.36. The second kappa shape index (κ2) is 5.01. The standard InChI is InChI=1S/C14H11ClN2.ClH/c1-10-12-6-2-3-7-13(12)17(15)14(10)11-5-4-8-16-9-11;/h2-9H,1H3;1H. The number of pyridine rings is 1. The molecule has 0 aliphatic heterocycles. The summed E-state index contributed by atoms with van der Waals surface area (Å²) in [5.74, 6) is 0. The summed E-state index contributed by atoms with van der Waals surface area (Å²) < 4.78 is 1.71. The Balaban J connectivity index is 0.00000120. The first kappa shape index (κ1) is 12.9. The van der Waals surface area contributed by atoms with Crippen LogP contribution >= 0.6 is 24.2 Å². The fourth-order valence-corrected chi connectivity index (χ4v) is 2.56. The van der Waals surface area contributed by atoms with Crippen molar-refractivity contribution in [2.45, 2.75) is 6.92 Å². The molecule has 0 atom stereocenters. The minimum atomic E-state index is 0. The Kier molecular flexibility index (Phi) is 3.60. The zero-order valence-electron chi connectivity index (χ0n) is 9.80. The minimum Gasteiger partial charge on any atom is -0.264 e. The third kappa shape index (κ3) is 1.88. The Morgan fingerprint density at radius 3 is 2.56 bits per heavy atom. The van der Waals surface area contributed by atoms with Gasteiger partial charge in [0.15, 0.2) is 0 Å². The van der Waals surface area contributed by atoms with Gasteiger partial charge in [-0.3, -0.25) is 9.07 Å². The molecule has 0 amide bonds. The molecule has 0 unspecified atom stereocenters. The number of para-hydroxylation sites is 1. The average Bonchev–Trinajstić information content (AvgIpc) is 2.64. The zero-order valence-corrected chi connectivity index (χ0v) is 11.4. The first-order valence-corrected chi connectivity index (χ1v) is 5.79. The van der Waals surface area contributed by atoms with Gasteiger partial charge in [-0.05, 0) is 30.7 Å². The van der Waals surface area contributed by atoms with E-state index in [1.807, 2.05) is 36.5 Å². The number of nitrogens with zero attached hydrogens (tertiary/aromatic N) is 2. The highest BCUT2D eigenvalue weighted by atomic mass is 35.5. The summed E-state index contributed by atoms with van der Waals surface area (Å²) in [6, 6.07) is 12.1. The minimum absolute atomic E-state index is 0. The molecule has 2 heterocycles. The average molecular weight is 279 g/mol. The van der Waals surface area contributed by atoms with Gasteiger partial charge in [0.05, 0.1) is 11.2 Å². The molecule has 0 saturated heterocycles. The molecule has 18 heavy (non-hydrogen) atoms. The highest BCUT2D eigenvalue weighted by Crippen LogP contribution is 2.33. The summed E-state index contributed by atoms with van der Waals surface area (Å²) in [5.41, 5.74) is 4.27. The molecule has 0 bridgehead atoms. The maximum atomic E-state index is 6.39. The van der Waals surface area contributed by atoms with E-state index in [9.17, 15) is 0 Å². The smallest absolute Gasteiger partial charge is 0.0705 e.